The quantitative estimate of drug-likeness (QED) is 0.626. The highest BCUT2D eigenvalue weighted by Crippen LogP contribution is 2.27. The van der Waals surface area contributed by atoms with Gasteiger partial charge in [-0.15, -0.1) is 0 Å². The van der Waals surface area contributed by atoms with Gasteiger partial charge in [-0.25, -0.2) is 0 Å². The van der Waals surface area contributed by atoms with Gasteiger partial charge in [0.25, 0.3) is 0 Å². The average molecular weight is 402 g/mol. The number of nitrogens with zero attached hydrogens (tertiary/aromatic N) is 3. The minimum atomic E-state index is 0.167. The van der Waals surface area contributed by atoms with Crippen molar-refractivity contribution in [1.82, 2.24) is 14.9 Å². The molecule has 0 bridgehead atoms. The number of amides is 1. The summed E-state index contributed by atoms with van der Waals surface area (Å²) in [4.78, 5) is 23.8. The van der Waals surface area contributed by atoms with E-state index in [0.717, 1.165) is 55.1 Å². The maximum Gasteiger partial charge on any atom is 0.227 e. The SMILES string of the molecule is COc1cccc(Cc2cccc(C3CCCN(C(=O)Cc4cccnc4)C3)n2)c1. The number of hydrogen-bond acceptors (Lipinski definition) is 4. The third-order valence-corrected chi connectivity index (χ3v) is 5.62. The number of ether oxygens (including phenoxy) is 1. The molecule has 4 rings (SSSR count). The van der Waals surface area contributed by atoms with Crippen LogP contribution in [0.2, 0.25) is 0 Å². The zero-order valence-electron chi connectivity index (χ0n) is 17.3. The number of rotatable bonds is 6. The fourth-order valence-electron chi connectivity index (χ4n) is 4.05. The van der Waals surface area contributed by atoms with Gasteiger partial charge in [0.05, 0.1) is 13.5 Å². The lowest BCUT2D eigenvalue weighted by molar-refractivity contribution is -0.131. The molecule has 1 fully saturated rings. The highest BCUT2D eigenvalue weighted by Gasteiger charge is 2.25. The van der Waals surface area contributed by atoms with Crippen LogP contribution < -0.4 is 4.74 Å². The van der Waals surface area contributed by atoms with Gasteiger partial charge in [-0.1, -0.05) is 24.3 Å². The first-order valence-electron chi connectivity index (χ1n) is 10.5. The molecular formula is C25H27N3O2. The van der Waals surface area contributed by atoms with E-state index < -0.39 is 0 Å². The zero-order chi connectivity index (χ0) is 20.8. The first-order valence-corrected chi connectivity index (χ1v) is 10.5. The van der Waals surface area contributed by atoms with Crippen LogP contribution >= 0.6 is 0 Å². The fourth-order valence-corrected chi connectivity index (χ4v) is 4.05. The first-order chi connectivity index (χ1) is 14.7. The van der Waals surface area contributed by atoms with Crippen molar-refractivity contribution in [1.29, 1.82) is 0 Å². The fraction of sp³-hybridized carbons (Fsp3) is 0.320. The Morgan fingerprint density at radius 2 is 2.00 bits per heavy atom. The van der Waals surface area contributed by atoms with E-state index in [2.05, 4.69) is 29.2 Å². The topological polar surface area (TPSA) is 55.3 Å². The molecule has 0 aliphatic carbocycles. The molecule has 1 saturated heterocycles. The summed E-state index contributed by atoms with van der Waals surface area (Å²) in [5.41, 5.74) is 4.26. The van der Waals surface area contributed by atoms with E-state index in [1.165, 1.54) is 5.56 Å². The Morgan fingerprint density at radius 3 is 2.83 bits per heavy atom. The van der Waals surface area contributed by atoms with E-state index in [4.69, 9.17) is 9.72 Å². The van der Waals surface area contributed by atoms with Crippen molar-refractivity contribution in [2.75, 3.05) is 20.2 Å². The Morgan fingerprint density at radius 1 is 1.13 bits per heavy atom. The minimum absolute atomic E-state index is 0.167. The van der Waals surface area contributed by atoms with Crippen LogP contribution in [-0.4, -0.2) is 41.0 Å². The van der Waals surface area contributed by atoms with Crippen molar-refractivity contribution >= 4 is 5.91 Å². The van der Waals surface area contributed by atoms with Gasteiger partial charge in [0.2, 0.25) is 5.91 Å². The Hall–Kier alpha value is -3.21. The second kappa shape index (κ2) is 9.53. The van der Waals surface area contributed by atoms with E-state index in [9.17, 15) is 4.79 Å². The normalized spacial score (nSPS) is 16.3. The highest BCUT2D eigenvalue weighted by molar-refractivity contribution is 5.78. The summed E-state index contributed by atoms with van der Waals surface area (Å²) in [7, 11) is 1.68. The number of pyridine rings is 2. The summed E-state index contributed by atoms with van der Waals surface area (Å²) in [6, 6.07) is 18.2. The largest absolute Gasteiger partial charge is 0.497 e. The number of likely N-dealkylation sites (tertiary alicyclic amines) is 1. The summed E-state index contributed by atoms with van der Waals surface area (Å²) in [6.45, 7) is 1.55. The maximum atomic E-state index is 12.8. The number of benzene rings is 1. The molecular weight excluding hydrogens is 374 g/mol. The molecule has 1 amide bonds. The van der Waals surface area contributed by atoms with E-state index >= 15 is 0 Å². The molecule has 5 heteroatoms. The summed E-state index contributed by atoms with van der Waals surface area (Å²) < 4.78 is 5.33. The smallest absolute Gasteiger partial charge is 0.227 e. The van der Waals surface area contributed by atoms with Crippen LogP contribution in [0.25, 0.3) is 0 Å². The van der Waals surface area contributed by atoms with Crippen LogP contribution in [0.4, 0.5) is 0 Å². The molecule has 1 aliphatic heterocycles. The van der Waals surface area contributed by atoms with E-state index in [1.54, 1.807) is 19.5 Å². The van der Waals surface area contributed by atoms with Gasteiger partial charge in [0.1, 0.15) is 5.75 Å². The van der Waals surface area contributed by atoms with Crippen LogP contribution in [0, 0.1) is 0 Å². The molecule has 2 aromatic heterocycles. The lowest BCUT2D eigenvalue weighted by Gasteiger charge is -2.32. The molecule has 30 heavy (non-hydrogen) atoms. The molecule has 1 unspecified atom stereocenters. The van der Waals surface area contributed by atoms with Crippen molar-refractivity contribution in [3.63, 3.8) is 0 Å². The summed E-state index contributed by atoms with van der Waals surface area (Å²) >= 11 is 0. The highest BCUT2D eigenvalue weighted by atomic mass is 16.5. The predicted octanol–water partition coefficient (Wildman–Crippen LogP) is 4.02. The number of carbonyl (C=O) groups is 1. The number of aromatic nitrogens is 2. The monoisotopic (exact) mass is 401 g/mol. The Balaban J connectivity index is 1.43. The van der Waals surface area contributed by atoms with Crippen molar-refractivity contribution in [3.05, 3.63) is 89.5 Å². The van der Waals surface area contributed by atoms with Crippen LogP contribution in [0.15, 0.2) is 67.0 Å². The van der Waals surface area contributed by atoms with Gasteiger partial charge in [-0.3, -0.25) is 14.8 Å². The molecule has 0 spiro atoms. The standard InChI is InChI=1S/C25H27N3O2/c1-30-23-10-2-6-19(15-23)14-22-9-3-11-24(27-22)21-8-5-13-28(18-21)25(29)16-20-7-4-12-26-17-20/h2-4,6-7,9-12,15,17,21H,5,8,13-14,16,18H2,1H3. The second-order valence-electron chi connectivity index (χ2n) is 7.80. The minimum Gasteiger partial charge on any atom is -0.497 e. The van der Waals surface area contributed by atoms with Crippen molar-refractivity contribution < 1.29 is 9.53 Å². The molecule has 1 aromatic carbocycles. The Kier molecular flexibility index (Phi) is 6.38. The van der Waals surface area contributed by atoms with Crippen LogP contribution in [-0.2, 0) is 17.6 Å². The van der Waals surface area contributed by atoms with Gasteiger partial charge < -0.3 is 9.64 Å². The molecule has 0 saturated carbocycles. The lowest BCUT2D eigenvalue weighted by atomic mass is 9.93. The van der Waals surface area contributed by atoms with Gasteiger partial charge in [0, 0.05) is 49.2 Å². The second-order valence-corrected chi connectivity index (χ2v) is 7.80. The Labute approximate surface area is 177 Å². The van der Waals surface area contributed by atoms with Crippen molar-refractivity contribution in [2.45, 2.75) is 31.6 Å². The zero-order valence-corrected chi connectivity index (χ0v) is 17.3. The molecule has 1 aliphatic rings. The molecule has 5 nitrogen and oxygen atoms in total. The predicted molar refractivity (Wildman–Crippen MR) is 117 cm³/mol. The third-order valence-electron chi connectivity index (χ3n) is 5.62. The molecule has 1 atom stereocenters. The first kappa shape index (κ1) is 20.1. The van der Waals surface area contributed by atoms with Gasteiger partial charge in [-0.2, -0.15) is 0 Å². The van der Waals surface area contributed by atoms with Gasteiger partial charge in [-0.05, 0) is 54.3 Å². The van der Waals surface area contributed by atoms with E-state index in [1.807, 2.05) is 35.2 Å². The van der Waals surface area contributed by atoms with Gasteiger partial charge >= 0.3 is 0 Å². The van der Waals surface area contributed by atoms with Crippen LogP contribution in [0.3, 0.4) is 0 Å². The Bertz CT molecular complexity index is 990. The lowest BCUT2D eigenvalue weighted by Crippen LogP contribution is -2.40. The van der Waals surface area contributed by atoms with Crippen molar-refractivity contribution in [3.8, 4) is 5.75 Å². The molecule has 3 aromatic rings. The maximum absolute atomic E-state index is 12.8. The van der Waals surface area contributed by atoms with Gasteiger partial charge in [0.15, 0.2) is 0 Å². The van der Waals surface area contributed by atoms with Crippen molar-refractivity contribution in [2.24, 2.45) is 0 Å². The number of carbonyl (C=O) groups excluding carboxylic acids is 1. The van der Waals surface area contributed by atoms with Crippen LogP contribution in [0.1, 0.15) is 41.3 Å². The average Bonchev–Trinajstić information content (AvgIpc) is 2.80. The summed E-state index contributed by atoms with van der Waals surface area (Å²) in [5, 5.41) is 0. The molecule has 3 heterocycles. The summed E-state index contributed by atoms with van der Waals surface area (Å²) in [6.07, 6.45) is 6.74. The van der Waals surface area contributed by atoms with E-state index in [-0.39, 0.29) is 11.8 Å². The van der Waals surface area contributed by atoms with Crippen LogP contribution in [0.5, 0.6) is 5.75 Å². The molecule has 0 radical (unpaired) electrons. The number of piperidine rings is 1. The molecule has 0 N–H and O–H groups in total. The third kappa shape index (κ3) is 5.03. The molecule has 154 valence electrons. The summed E-state index contributed by atoms with van der Waals surface area (Å²) in [5.74, 6) is 1.31. The number of hydrogen-bond donors (Lipinski definition) is 0. The number of methoxy groups -OCH3 is 1. The van der Waals surface area contributed by atoms with E-state index in [0.29, 0.717) is 6.42 Å².